The van der Waals surface area contributed by atoms with E-state index in [1.54, 1.807) is 0 Å². The quantitative estimate of drug-likeness (QED) is 0.155. The van der Waals surface area contributed by atoms with Crippen LogP contribution < -0.4 is 5.32 Å². The summed E-state index contributed by atoms with van der Waals surface area (Å²) in [5.74, 6) is -2.38. The van der Waals surface area contributed by atoms with E-state index in [0.717, 1.165) is 18.2 Å². The van der Waals surface area contributed by atoms with Crippen LogP contribution in [0.1, 0.15) is 0 Å². The van der Waals surface area contributed by atoms with E-state index in [0.29, 0.717) is 0 Å². The number of amides is 1. The third kappa shape index (κ3) is 6.45. The first-order valence-corrected chi connectivity index (χ1v) is 12.5. The first kappa shape index (κ1) is 26.1. The molecule has 0 aromatic heterocycles. The molecular formula is C12H18FN2O13P3. The average molecular weight is 510 g/mol. The van der Waals surface area contributed by atoms with Gasteiger partial charge in [0.05, 0.1) is 12.5 Å². The van der Waals surface area contributed by atoms with Crippen LogP contribution in [0.5, 0.6) is 0 Å². The van der Waals surface area contributed by atoms with Crippen LogP contribution in [0.15, 0.2) is 24.8 Å². The Morgan fingerprint density at radius 3 is 2.39 bits per heavy atom. The molecule has 0 saturated carbocycles. The maximum atomic E-state index is 14.7. The Bertz CT molecular complexity index is 937. The number of hydrogen-bond donors (Lipinski definition) is 7. The van der Waals surface area contributed by atoms with Gasteiger partial charge in [0.25, 0.3) is 0 Å². The van der Waals surface area contributed by atoms with Gasteiger partial charge >= 0.3 is 23.5 Å². The maximum absolute atomic E-state index is 14.7. The number of rotatable bonds is 9. The van der Waals surface area contributed by atoms with Crippen molar-refractivity contribution < 1.29 is 65.4 Å². The molecule has 0 spiro atoms. The number of carbonyl (C=O) groups excluding carboxylic acids is 1. The molecule has 31 heavy (non-hydrogen) atoms. The van der Waals surface area contributed by atoms with E-state index in [4.69, 9.17) is 24.8 Å². The molecule has 0 aromatic carbocycles. The van der Waals surface area contributed by atoms with Crippen molar-refractivity contribution >= 4 is 35.2 Å². The van der Waals surface area contributed by atoms with Gasteiger partial charge < -0.3 is 34.7 Å². The van der Waals surface area contributed by atoms with Gasteiger partial charge in [-0.25, -0.2) is 18.1 Å². The minimum atomic E-state index is -5.79. The minimum Gasteiger partial charge on any atom is -0.387 e. The van der Waals surface area contributed by atoms with Crippen molar-refractivity contribution in [1.29, 1.82) is 5.41 Å². The molecule has 1 amide bonds. The number of aliphatic hydroxyl groups excluding tert-OH is 1. The Labute approximate surface area is 173 Å². The highest BCUT2D eigenvalue weighted by Crippen LogP contribution is 2.66. The lowest BCUT2D eigenvalue weighted by Crippen LogP contribution is -2.45. The van der Waals surface area contributed by atoms with E-state index >= 15 is 0 Å². The van der Waals surface area contributed by atoms with Crippen molar-refractivity contribution in [3.63, 3.8) is 0 Å². The molecule has 19 heteroatoms. The standard InChI is InChI=1S/C12H18FN2O13P3/c1-2-12(5-25-30(21,22)28-31(23,24)27-29(18,19)20)10(16)8(13)9(26-12)6-3-4-7(14)15-11(6)17/h2-4,6,8-10,16H,1,5H2,(H,21,22)(H,23,24)(H2,14,15,17)(H2,18,19,20)/t6?,8-,9-,10-,12+/m0/s1. The Hall–Kier alpha value is -1.12. The number of amidine groups is 1. The Balaban J connectivity index is 2.16. The third-order valence-electron chi connectivity index (χ3n) is 4.07. The summed E-state index contributed by atoms with van der Waals surface area (Å²) in [5, 5.41) is 19.7. The van der Waals surface area contributed by atoms with Crippen LogP contribution in [-0.2, 0) is 36.4 Å². The van der Waals surface area contributed by atoms with Crippen LogP contribution in [0.3, 0.4) is 0 Å². The van der Waals surface area contributed by atoms with E-state index in [1.165, 1.54) is 0 Å². The molecule has 2 rings (SSSR count). The van der Waals surface area contributed by atoms with E-state index in [9.17, 15) is 32.9 Å². The lowest BCUT2D eigenvalue weighted by atomic mass is 9.91. The lowest BCUT2D eigenvalue weighted by Gasteiger charge is -2.29. The molecule has 0 aliphatic carbocycles. The lowest BCUT2D eigenvalue weighted by molar-refractivity contribution is -0.131. The van der Waals surface area contributed by atoms with Crippen LogP contribution in [0.4, 0.5) is 4.39 Å². The molecule has 1 fully saturated rings. The summed E-state index contributed by atoms with van der Waals surface area (Å²) < 4.78 is 65.4. The number of phosphoric acid groups is 3. The SMILES string of the molecule is C=C[C@]1(COP(=O)(O)OP(=O)(O)OP(=O)(O)O)O[C@@H](C2C=CC(=N)NC2=O)[C@H](F)[C@@H]1O. The average Bonchev–Trinajstić information content (AvgIpc) is 2.82. The number of carbonyl (C=O) groups is 1. The number of ether oxygens (including phenoxy) is 1. The van der Waals surface area contributed by atoms with Crippen molar-refractivity contribution in [3.8, 4) is 0 Å². The van der Waals surface area contributed by atoms with Crippen LogP contribution in [0, 0.1) is 11.3 Å². The van der Waals surface area contributed by atoms with Crippen LogP contribution in [0.2, 0.25) is 0 Å². The van der Waals surface area contributed by atoms with Gasteiger partial charge in [0.2, 0.25) is 5.91 Å². The van der Waals surface area contributed by atoms with Gasteiger partial charge in [0.15, 0.2) is 6.17 Å². The summed E-state index contributed by atoms with van der Waals surface area (Å²) >= 11 is 0. The van der Waals surface area contributed by atoms with E-state index in [-0.39, 0.29) is 5.84 Å². The summed E-state index contributed by atoms with van der Waals surface area (Å²) in [6.07, 6.45) is -2.88. The first-order chi connectivity index (χ1) is 14.0. The summed E-state index contributed by atoms with van der Waals surface area (Å²) in [7, 11) is -17.0. The van der Waals surface area contributed by atoms with Crippen molar-refractivity contribution in [2.24, 2.45) is 5.92 Å². The molecular weight excluding hydrogens is 492 g/mol. The first-order valence-electron chi connectivity index (χ1n) is 8.00. The zero-order chi connectivity index (χ0) is 23.8. The Kier molecular flexibility index (Phi) is 7.61. The predicted octanol–water partition coefficient (Wildman–Crippen LogP) is -0.368. The monoisotopic (exact) mass is 510 g/mol. The smallest absolute Gasteiger partial charge is 0.387 e. The number of aliphatic hydroxyl groups is 1. The number of alkyl halides is 1. The van der Waals surface area contributed by atoms with E-state index in [2.05, 4.69) is 25.0 Å². The second kappa shape index (κ2) is 9.02. The molecule has 176 valence electrons. The normalized spacial score (nSPS) is 35.3. The van der Waals surface area contributed by atoms with E-state index < -0.39 is 65.9 Å². The minimum absolute atomic E-state index is 0.266. The number of nitrogens with one attached hydrogen (secondary N) is 2. The highest BCUT2D eigenvalue weighted by molar-refractivity contribution is 7.66. The molecule has 0 radical (unpaired) electrons. The fourth-order valence-corrected chi connectivity index (χ4v) is 5.80. The molecule has 1 saturated heterocycles. The fraction of sp³-hybridized carbons (Fsp3) is 0.500. The van der Waals surface area contributed by atoms with Crippen LogP contribution >= 0.6 is 23.5 Å². The molecule has 0 bridgehead atoms. The molecule has 15 nitrogen and oxygen atoms in total. The maximum Gasteiger partial charge on any atom is 0.490 e. The largest absolute Gasteiger partial charge is 0.490 e. The predicted molar refractivity (Wildman–Crippen MR) is 97.0 cm³/mol. The second-order valence-corrected chi connectivity index (χ2v) is 10.7. The second-order valence-electron chi connectivity index (χ2n) is 6.28. The molecule has 2 aliphatic rings. The van der Waals surface area contributed by atoms with Crippen molar-refractivity contribution in [2.75, 3.05) is 6.61 Å². The molecule has 2 aliphatic heterocycles. The number of halogens is 1. The zero-order valence-corrected chi connectivity index (χ0v) is 17.9. The summed E-state index contributed by atoms with van der Waals surface area (Å²) in [6.45, 7) is 2.10. The molecule has 3 unspecified atom stereocenters. The third-order valence-corrected chi connectivity index (χ3v) is 7.85. The number of hydrogen-bond acceptors (Lipinski definition) is 10. The van der Waals surface area contributed by atoms with Crippen LogP contribution in [0.25, 0.3) is 0 Å². The molecule has 0 aromatic rings. The Morgan fingerprint density at radius 1 is 1.26 bits per heavy atom. The van der Waals surface area contributed by atoms with Gasteiger partial charge in [0.1, 0.15) is 23.6 Å². The van der Waals surface area contributed by atoms with Gasteiger partial charge in [0, 0.05) is 0 Å². The van der Waals surface area contributed by atoms with Crippen LogP contribution in [-0.4, -0.2) is 67.0 Å². The van der Waals surface area contributed by atoms with Crippen molar-refractivity contribution in [1.82, 2.24) is 5.32 Å². The van der Waals surface area contributed by atoms with Gasteiger partial charge in [-0.15, -0.1) is 6.58 Å². The van der Waals surface area contributed by atoms with Gasteiger partial charge in [-0.3, -0.25) is 14.7 Å². The molecule has 2 heterocycles. The summed E-state index contributed by atoms with van der Waals surface area (Å²) in [4.78, 5) is 47.7. The topological polar surface area (TPSA) is 242 Å². The van der Waals surface area contributed by atoms with Gasteiger partial charge in [-0.2, -0.15) is 8.62 Å². The van der Waals surface area contributed by atoms with Gasteiger partial charge in [-0.1, -0.05) is 12.2 Å². The van der Waals surface area contributed by atoms with Crippen molar-refractivity contribution in [3.05, 3.63) is 24.8 Å². The fourth-order valence-electron chi connectivity index (χ4n) is 2.75. The summed E-state index contributed by atoms with van der Waals surface area (Å²) in [5.41, 5.74) is -2.24. The molecule has 7 N–H and O–H groups in total. The highest BCUT2D eigenvalue weighted by Gasteiger charge is 2.58. The highest BCUT2D eigenvalue weighted by atomic mass is 31.3. The zero-order valence-electron chi connectivity index (χ0n) is 15.2. The van der Waals surface area contributed by atoms with Gasteiger partial charge in [-0.05, 0) is 6.08 Å². The summed E-state index contributed by atoms with van der Waals surface area (Å²) in [6, 6.07) is 0. The van der Waals surface area contributed by atoms with Crippen molar-refractivity contribution in [2.45, 2.75) is 24.0 Å². The Morgan fingerprint density at radius 2 is 1.87 bits per heavy atom. The molecule has 7 atom stereocenters. The van der Waals surface area contributed by atoms with E-state index in [1.807, 2.05) is 0 Å². The number of phosphoric ester groups is 1.